The van der Waals surface area contributed by atoms with Crippen LogP contribution in [0.1, 0.15) is 40.2 Å². The number of amides is 4. The maximum atomic E-state index is 13.0. The molecule has 0 saturated carbocycles. The van der Waals surface area contributed by atoms with Crippen molar-refractivity contribution >= 4 is 29.7 Å². The van der Waals surface area contributed by atoms with Crippen LogP contribution in [0.4, 0.5) is 15.3 Å². The lowest BCUT2D eigenvalue weighted by Crippen LogP contribution is -2.47. The maximum Gasteiger partial charge on any atom is 0.407 e. The summed E-state index contributed by atoms with van der Waals surface area (Å²) in [7, 11) is 0. The SMILES string of the molecule is CCOC(=O)CON1C(=O)N2C[C@H]1C=C(C)[C@H]2C(=O)Nc1ccc(CNC(=O)OC(C)(C)C)cc1. The fraction of sp³-hybridized carbons (Fsp3) is 0.500. The third-order valence-corrected chi connectivity index (χ3v) is 5.25. The monoisotopic (exact) mass is 488 g/mol. The van der Waals surface area contributed by atoms with E-state index >= 15 is 0 Å². The first-order chi connectivity index (χ1) is 16.5. The summed E-state index contributed by atoms with van der Waals surface area (Å²) in [4.78, 5) is 56.1. The number of anilines is 1. The van der Waals surface area contributed by atoms with Crippen LogP contribution in [0, 0.1) is 0 Å². The van der Waals surface area contributed by atoms with Crippen molar-refractivity contribution in [1.29, 1.82) is 0 Å². The lowest BCUT2D eigenvalue weighted by molar-refractivity contribution is -0.169. The first kappa shape index (κ1) is 26.0. The van der Waals surface area contributed by atoms with Crippen molar-refractivity contribution in [2.75, 3.05) is 25.1 Å². The third-order valence-electron chi connectivity index (χ3n) is 5.25. The molecule has 2 N–H and O–H groups in total. The van der Waals surface area contributed by atoms with Gasteiger partial charge in [0.15, 0.2) is 6.61 Å². The fourth-order valence-corrected chi connectivity index (χ4v) is 3.83. The quantitative estimate of drug-likeness (QED) is 0.425. The molecule has 2 atom stereocenters. The Morgan fingerprint density at radius 2 is 1.83 bits per heavy atom. The standard InChI is InChI=1S/C24H32N4O7/c1-6-33-19(29)14-34-28-18-11-15(2)20(27(13-18)23(28)32)21(30)26-17-9-7-16(8-10-17)12-25-22(31)35-24(3,4)5/h7-11,18,20H,6,12-14H2,1-5H3,(H,25,31)(H,26,30)/t18-,20+/m1/s1. The molecule has 1 aromatic rings. The number of esters is 1. The average Bonchev–Trinajstić information content (AvgIpc) is 3.00. The van der Waals surface area contributed by atoms with Crippen LogP contribution in [0.15, 0.2) is 35.9 Å². The van der Waals surface area contributed by atoms with E-state index in [-0.39, 0.29) is 32.2 Å². The molecule has 2 aliphatic heterocycles. The van der Waals surface area contributed by atoms with E-state index in [1.807, 2.05) is 0 Å². The summed E-state index contributed by atoms with van der Waals surface area (Å²) in [6, 6.07) is 5.30. The number of carbonyl (C=O) groups excluding carboxylic acids is 4. The number of benzene rings is 1. The summed E-state index contributed by atoms with van der Waals surface area (Å²) in [6.45, 7) is 9.20. The molecule has 2 heterocycles. The number of carbonyl (C=O) groups is 4. The van der Waals surface area contributed by atoms with Gasteiger partial charge in [0, 0.05) is 12.2 Å². The summed E-state index contributed by atoms with van der Waals surface area (Å²) in [5.41, 5.74) is 1.50. The van der Waals surface area contributed by atoms with Gasteiger partial charge in [-0.15, -0.1) is 0 Å². The van der Waals surface area contributed by atoms with Crippen molar-refractivity contribution in [3.8, 4) is 0 Å². The molecule has 11 nitrogen and oxygen atoms in total. The van der Waals surface area contributed by atoms with Crippen molar-refractivity contribution < 1.29 is 33.5 Å². The molecule has 0 spiro atoms. The number of hydroxylamine groups is 2. The van der Waals surface area contributed by atoms with Gasteiger partial charge in [-0.05, 0) is 57.9 Å². The Hall–Kier alpha value is -3.60. The van der Waals surface area contributed by atoms with Gasteiger partial charge in [-0.1, -0.05) is 18.2 Å². The topological polar surface area (TPSA) is 127 Å². The van der Waals surface area contributed by atoms with Gasteiger partial charge in [0.2, 0.25) is 0 Å². The number of rotatable bonds is 8. The average molecular weight is 489 g/mol. The molecule has 3 rings (SSSR count). The van der Waals surface area contributed by atoms with Gasteiger partial charge in [-0.2, -0.15) is 5.06 Å². The zero-order valence-corrected chi connectivity index (χ0v) is 20.6. The van der Waals surface area contributed by atoms with Gasteiger partial charge in [-0.3, -0.25) is 9.63 Å². The zero-order valence-electron chi connectivity index (χ0n) is 20.6. The molecule has 11 heteroatoms. The molecule has 2 bridgehead atoms. The number of nitrogens with one attached hydrogen (secondary N) is 2. The highest BCUT2D eigenvalue weighted by molar-refractivity contribution is 6.00. The van der Waals surface area contributed by atoms with Gasteiger partial charge >= 0.3 is 18.1 Å². The number of urea groups is 1. The highest BCUT2D eigenvalue weighted by Gasteiger charge is 2.47. The summed E-state index contributed by atoms with van der Waals surface area (Å²) in [5, 5.41) is 6.62. The van der Waals surface area contributed by atoms with E-state index in [1.165, 1.54) is 4.90 Å². The van der Waals surface area contributed by atoms with Crippen molar-refractivity contribution in [3.63, 3.8) is 0 Å². The molecule has 0 aliphatic carbocycles. The summed E-state index contributed by atoms with van der Waals surface area (Å²) < 4.78 is 10.0. The smallest absolute Gasteiger partial charge is 0.407 e. The minimum atomic E-state index is -0.802. The Morgan fingerprint density at radius 1 is 1.14 bits per heavy atom. The number of alkyl carbamates (subject to hydrolysis) is 1. The van der Waals surface area contributed by atoms with E-state index in [2.05, 4.69) is 10.6 Å². The van der Waals surface area contributed by atoms with Gasteiger partial charge < -0.3 is 25.0 Å². The Labute approximate surface area is 204 Å². The Kier molecular flexibility index (Phi) is 8.00. The number of fused-ring (bicyclic) bond motifs is 2. The highest BCUT2D eigenvalue weighted by atomic mass is 16.7. The van der Waals surface area contributed by atoms with Crippen LogP contribution in [0.25, 0.3) is 0 Å². The van der Waals surface area contributed by atoms with E-state index in [0.717, 1.165) is 10.6 Å². The number of hydrogen-bond donors (Lipinski definition) is 2. The Bertz CT molecular complexity index is 1000. The molecule has 4 amide bonds. The van der Waals surface area contributed by atoms with Crippen LogP contribution in [-0.2, 0) is 30.4 Å². The van der Waals surface area contributed by atoms with Crippen molar-refractivity contribution in [2.24, 2.45) is 0 Å². The van der Waals surface area contributed by atoms with Crippen LogP contribution in [0.3, 0.4) is 0 Å². The molecule has 190 valence electrons. The molecule has 1 fully saturated rings. The fourth-order valence-electron chi connectivity index (χ4n) is 3.83. The number of hydrogen-bond acceptors (Lipinski definition) is 7. The van der Waals surface area contributed by atoms with Gasteiger partial charge in [-0.25, -0.2) is 14.4 Å². The van der Waals surface area contributed by atoms with E-state index in [0.29, 0.717) is 11.3 Å². The van der Waals surface area contributed by atoms with Gasteiger partial charge in [0.25, 0.3) is 5.91 Å². The van der Waals surface area contributed by atoms with Gasteiger partial charge in [0.1, 0.15) is 11.6 Å². The molecule has 35 heavy (non-hydrogen) atoms. The second-order valence-corrected chi connectivity index (χ2v) is 9.26. The third kappa shape index (κ3) is 6.72. The van der Waals surface area contributed by atoms with Gasteiger partial charge in [0.05, 0.1) is 19.2 Å². The molecule has 2 aliphatic rings. The molecular formula is C24H32N4O7. The minimum Gasteiger partial charge on any atom is -0.464 e. The van der Waals surface area contributed by atoms with Crippen LogP contribution in [0.2, 0.25) is 0 Å². The van der Waals surface area contributed by atoms with Crippen LogP contribution in [0.5, 0.6) is 0 Å². The maximum absolute atomic E-state index is 13.0. The van der Waals surface area contributed by atoms with E-state index in [9.17, 15) is 19.2 Å². The van der Waals surface area contributed by atoms with Crippen molar-refractivity contribution in [2.45, 2.75) is 58.8 Å². The summed E-state index contributed by atoms with van der Waals surface area (Å²) in [5.74, 6) is -0.936. The van der Waals surface area contributed by atoms with Crippen LogP contribution < -0.4 is 10.6 Å². The highest BCUT2D eigenvalue weighted by Crippen LogP contribution is 2.30. The number of nitrogens with zero attached hydrogens (tertiary/aromatic N) is 2. The minimum absolute atomic E-state index is 0.216. The molecule has 1 saturated heterocycles. The predicted molar refractivity (Wildman–Crippen MR) is 126 cm³/mol. The largest absolute Gasteiger partial charge is 0.464 e. The lowest BCUT2D eigenvalue weighted by atomic mass is 10.00. The molecule has 0 unspecified atom stereocenters. The first-order valence-corrected chi connectivity index (χ1v) is 11.4. The van der Waals surface area contributed by atoms with Crippen molar-refractivity contribution in [1.82, 2.24) is 15.3 Å². The van der Waals surface area contributed by atoms with Crippen LogP contribution >= 0.6 is 0 Å². The van der Waals surface area contributed by atoms with Crippen molar-refractivity contribution in [3.05, 3.63) is 41.5 Å². The zero-order chi connectivity index (χ0) is 25.8. The Morgan fingerprint density at radius 3 is 2.46 bits per heavy atom. The second kappa shape index (κ2) is 10.8. The Balaban J connectivity index is 1.57. The van der Waals surface area contributed by atoms with Crippen LogP contribution in [-0.4, -0.2) is 71.4 Å². The normalized spacial score (nSPS) is 19.2. The molecule has 0 aromatic heterocycles. The molecule has 1 aromatic carbocycles. The van der Waals surface area contributed by atoms with E-state index in [4.69, 9.17) is 14.3 Å². The second-order valence-electron chi connectivity index (χ2n) is 9.26. The van der Waals surface area contributed by atoms with E-state index in [1.54, 1.807) is 65.0 Å². The summed E-state index contributed by atoms with van der Waals surface area (Å²) >= 11 is 0. The molecular weight excluding hydrogens is 456 g/mol. The number of ether oxygens (including phenoxy) is 2. The first-order valence-electron chi connectivity index (χ1n) is 11.4. The van der Waals surface area contributed by atoms with E-state index < -0.39 is 35.8 Å². The lowest BCUT2D eigenvalue weighted by Gasteiger charge is -2.29. The summed E-state index contributed by atoms with van der Waals surface area (Å²) in [6.07, 6.45) is 1.28. The molecule has 0 radical (unpaired) electrons. The predicted octanol–water partition coefficient (Wildman–Crippen LogP) is 2.58.